The van der Waals surface area contributed by atoms with Gasteiger partial charge in [-0.2, -0.15) is 4.31 Å². The molecule has 2 fully saturated rings. The summed E-state index contributed by atoms with van der Waals surface area (Å²) in [5, 5.41) is 0. The van der Waals surface area contributed by atoms with Gasteiger partial charge < -0.3 is 9.47 Å². The lowest BCUT2D eigenvalue weighted by Gasteiger charge is -2.35. The zero-order chi connectivity index (χ0) is 16.4. The largest absolute Gasteiger partial charge is 0.445 e. The number of amides is 1. The van der Waals surface area contributed by atoms with Crippen molar-refractivity contribution in [2.24, 2.45) is 0 Å². The van der Waals surface area contributed by atoms with Crippen LogP contribution in [0.15, 0.2) is 30.3 Å². The van der Waals surface area contributed by atoms with Crippen LogP contribution in [-0.2, 0) is 26.1 Å². The van der Waals surface area contributed by atoms with Crippen LogP contribution in [0.4, 0.5) is 4.79 Å². The molecule has 0 aromatic heterocycles. The number of nitrogens with zero attached hydrogens (tertiary/aromatic N) is 2. The standard InChI is InChI=1S/C15H20N2O5S/c1-23(19,20)16-9-13-14(10-16)21-8-7-17(13)15(18)22-11-12-5-3-2-4-6-12/h2-6,13-14H,7-11H2,1H3/t13-,14+/m1/s1. The average Bonchev–Trinajstić information content (AvgIpc) is 2.98. The average molecular weight is 340 g/mol. The fraction of sp³-hybridized carbons (Fsp3) is 0.533. The lowest BCUT2D eigenvalue weighted by atomic mass is 10.1. The predicted octanol–water partition coefficient (Wildman–Crippen LogP) is 0.668. The molecule has 7 nitrogen and oxygen atoms in total. The molecule has 0 saturated carbocycles. The summed E-state index contributed by atoms with van der Waals surface area (Å²) in [5.41, 5.74) is 0.912. The van der Waals surface area contributed by atoms with Crippen molar-refractivity contribution in [3.8, 4) is 0 Å². The van der Waals surface area contributed by atoms with E-state index in [1.807, 2.05) is 30.3 Å². The first-order valence-corrected chi connectivity index (χ1v) is 9.34. The van der Waals surface area contributed by atoms with Gasteiger partial charge in [-0.25, -0.2) is 13.2 Å². The minimum atomic E-state index is -3.29. The van der Waals surface area contributed by atoms with Crippen molar-refractivity contribution < 1.29 is 22.7 Å². The molecule has 2 aliphatic rings. The number of fused-ring (bicyclic) bond motifs is 1. The first kappa shape index (κ1) is 16.2. The third kappa shape index (κ3) is 3.65. The van der Waals surface area contributed by atoms with Gasteiger partial charge in [0, 0.05) is 19.6 Å². The predicted molar refractivity (Wildman–Crippen MR) is 83.3 cm³/mol. The number of carbonyl (C=O) groups is 1. The highest BCUT2D eigenvalue weighted by Crippen LogP contribution is 2.25. The van der Waals surface area contributed by atoms with Crippen molar-refractivity contribution in [3.63, 3.8) is 0 Å². The zero-order valence-corrected chi connectivity index (χ0v) is 13.7. The molecule has 0 N–H and O–H groups in total. The van der Waals surface area contributed by atoms with Crippen molar-refractivity contribution in [2.45, 2.75) is 18.8 Å². The van der Waals surface area contributed by atoms with Crippen molar-refractivity contribution >= 4 is 16.1 Å². The topological polar surface area (TPSA) is 76.2 Å². The SMILES string of the molecule is CS(=O)(=O)N1C[C@@H]2OCCN(C(=O)OCc3ccccc3)[C@@H]2C1. The van der Waals surface area contributed by atoms with E-state index in [9.17, 15) is 13.2 Å². The van der Waals surface area contributed by atoms with Crippen molar-refractivity contribution in [3.05, 3.63) is 35.9 Å². The molecule has 1 aromatic rings. The van der Waals surface area contributed by atoms with Gasteiger partial charge >= 0.3 is 6.09 Å². The van der Waals surface area contributed by atoms with E-state index in [-0.39, 0.29) is 31.8 Å². The van der Waals surface area contributed by atoms with Crippen LogP contribution in [-0.4, -0.2) is 68.4 Å². The lowest BCUT2D eigenvalue weighted by Crippen LogP contribution is -2.53. The smallest absolute Gasteiger partial charge is 0.410 e. The maximum atomic E-state index is 12.4. The number of carbonyl (C=O) groups excluding carboxylic acids is 1. The number of hydrogen-bond acceptors (Lipinski definition) is 5. The Hall–Kier alpha value is -1.64. The number of rotatable bonds is 3. The van der Waals surface area contributed by atoms with Crippen LogP contribution in [0.1, 0.15) is 5.56 Å². The Labute approximate surface area is 135 Å². The molecule has 3 rings (SSSR count). The molecule has 0 bridgehead atoms. The van der Waals surface area contributed by atoms with Gasteiger partial charge in [-0.15, -0.1) is 0 Å². The summed E-state index contributed by atoms with van der Waals surface area (Å²) >= 11 is 0. The Morgan fingerprint density at radius 1 is 1.30 bits per heavy atom. The first-order valence-electron chi connectivity index (χ1n) is 7.49. The molecule has 8 heteroatoms. The molecule has 0 unspecified atom stereocenters. The van der Waals surface area contributed by atoms with Crippen LogP contribution in [0.25, 0.3) is 0 Å². The van der Waals surface area contributed by atoms with Crippen molar-refractivity contribution in [1.29, 1.82) is 0 Å². The summed E-state index contributed by atoms with van der Waals surface area (Å²) in [7, 11) is -3.29. The van der Waals surface area contributed by atoms with E-state index in [4.69, 9.17) is 9.47 Å². The highest BCUT2D eigenvalue weighted by Gasteiger charge is 2.45. The minimum Gasteiger partial charge on any atom is -0.445 e. The highest BCUT2D eigenvalue weighted by atomic mass is 32.2. The number of benzene rings is 1. The van der Waals surface area contributed by atoms with E-state index < -0.39 is 16.1 Å². The Morgan fingerprint density at radius 2 is 2.04 bits per heavy atom. The van der Waals surface area contributed by atoms with Gasteiger partial charge in [0.1, 0.15) is 6.61 Å². The van der Waals surface area contributed by atoms with Crippen LogP contribution in [0.5, 0.6) is 0 Å². The molecular formula is C15H20N2O5S. The van der Waals surface area contributed by atoms with Gasteiger partial charge in [-0.3, -0.25) is 4.90 Å². The second kappa shape index (κ2) is 6.46. The van der Waals surface area contributed by atoms with Gasteiger partial charge in [0.2, 0.25) is 10.0 Å². The molecule has 2 saturated heterocycles. The normalized spacial score (nSPS) is 25.2. The Morgan fingerprint density at radius 3 is 2.74 bits per heavy atom. The summed E-state index contributed by atoms with van der Waals surface area (Å²) in [6.07, 6.45) is 0.452. The molecule has 2 aliphatic heterocycles. The third-order valence-electron chi connectivity index (χ3n) is 4.18. The molecule has 0 radical (unpaired) electrons. The molecule has 1 amide bonds. The van der Waals surface area contributed by atoms with E-state index in [0.29, 0.717) is 13.2 Å². The van der Waals surface area contributed by atoms with Gasteiger partial charge in [0.15, 0.2) is 0 Å². The number of morpholine rings is 1. The molecule has 2 atom stereocenters. The second-order valence-electron chi connectivity index (χ2n) is 5.79. The van der Waals surface area contributed by atoms with Crippen LogP contribution in [0.2, 0.25) is 0 Å². The number of ether oxygens (including phenoxy) is 2. The van der Waals surface area contributed by atoms with E-state index >= 15 is 0 Å². The van der Waals surface area contributed by atoms with E-state index in [1.165, 1.54) is 10.6 Å². The first-order chi connectivity index (χ1) is 10.9. The van der Waals surface area contributed by atoms with Crippen LogP contribution < -0.4 is 0 Å². The quantitative estimate of drug-likeness (QED) is 0.808. The Bertz CT molecular complexity index is 664. The number of hydrogen-bond donors (Lipinski definition) is 0. The lowest BCUT2D eigenvalue weighted by molar-refractivity contribution is -0.0443. The van der Waals surface area contributed by atoms with E-state index in [2.05, 4.69) is 0 Å². The second-order valence-corrected chi connectivity index (χ2v) is 7.77. The van der Waals surface area contributed by atoms with Gasteiger partial charge in [-0.05, 0) is 5.56 Å². The monoisotopic (exact) mass is 340 g/mol. The van der Waals surface area contributed by atoms with Gasteiger partial charge in [-0.1, -0.05) is 30.3 Å². The van der Waals surface area contributed by atoms with E-state index in [0.717, 1.165) is 5.56 Å². The fourth-order valence-electron chi connectivity index (χ4n) is 2.95. The summed E-state index contributed by atoms with van der Waals surface area (Å²) < 4.78 is 35.7. The maximum Gasteiger partial charge on any atom is 0.410 e. The molecule has 23 heavy (non-hydrogen) atoms. The molecular weight excluding hydrogens is 320 g/mol. The molecule has 126 valence electrons. The summed E-state index contributed by atoms with van der Waals surface area (Å²) in [4.78, 5) is 13.9. The summed E-state index contributed by atoms with van der Waals surface area (Å²) in [6.45, 7) is 1.53. The molecule has 1 aromatic carbocycles. The Kier molecular flexibility index (Phi) is 4.56. The van der Waals surface area contributed by atoms with Crippen molar-refractivity contribution in [1.82, 2.24) is 9.21 Å². The van der Waals surface area contributed by atoms with E-state index in [1.54, 1.807) is 4.90 Å². The highest BCUT2D eigenvalue weighted by molar-refractivity contribution is 7.88. The number of sulfonamides is 1. The summed E-state index contributed by atoms with van der Waals surface area (Å²) in [6, 6.07) is 9.15. The van der Waals surface area contributed by atoms with Crippen LogP contribution >= 0.6 is 0 Å². The van der Waals surface area contributed by atoms with Crippen molar-refractivity contribution in [2.75, 3.05) is 32.5 Å². The summed E-state index contributed by atoms with van der Waals surface area (Å²) in [5.74, 6) is 0. The van der Waals surface area contributed by atoms with Gasteiger partial charge in [0.25, 0.3) is 0 Å². The fourth-order valence-corrected chi connectivity index (χ4v) is 3.80. The van der Waals surface area contributed by atoms with Gasteiger partial charge in [0.05, 0.1) is 25.0 Å². The minimum absolute atomic E-state index is 0.199. The Balaban J connectivity index is 1.64. The third-order valence-corrected chi connectivity index (χ3v) is 5.41. The molecule has 0 spiro atoms. The molecule has 0 aliphatic carbocycles. The molecule has 2 heterocycles. The zero-order valence-electron chi connectivity index (χ0n) is 12.9. The van der Waals surface area contributed by atoms with Crippen LogP contribution in [0, 0.1) is 0 Å². The maximum absolute atomic E-state index is 12.4. The van der Waals surface area contributed by atoms with Crippen LogP contribution in [0.3, 0.4) is 0 Å².